The molecule has 7 heteroatoms. The Labute approximate surface area is 178 Å². The monoisotopic (exact) mass is 415 g/mol. The van der Waals surface area contributed by atoms with Crippen molar-refractivity contribution in [2.75, 3.05) is 26.3 Å². The predicted octanol–water partition coefficient (Wildman–Crippen LogP) is 3.40. The lowest BCUT2D eigenvalue weighted by Gasteiger charge is -2.46. The van der Waals surface area contributed by atoms with Gasteiger partial charge in [0, 0.05) is 13.1 Å². The minimum atomic E-state index is -0.554. The van der Waals surface area contributed by atoms with Crippen LogP contribution in [0.2, 0.25) is 0 Å². The van der Waals surface area contributed by atoms with Gasteiger partial charge in [0.1, 0.15) is 12.1 Å². The van der Waals surface area contributed by atoms with Gasteiger partial charge in [0.05, 0.1) is 18.8 Å². The summed E-state index contributed by atoms with van der Waals surface area (Å²) < 4.78 is 11.6. The number of nitrogens with one attached hydrogen (secondary N) is 2. The van der Waals surface area contributed by atoms with E-state index in [4.69, 9.17) is 9.47 Å². The third kappa shape index (κ3) is 4.41. The van der Waals surface area contributed by atoms with Gasteiger partial charge in [-0.05, 0) is 56.9 Å². The number of cyclic esters (lactones) is 1. The summed E-state index contributed by atoms with van der Waals surface area (Å²) in [5.74, 6) is 0.599. The third-order valence-electron chi connectivity index (χ3n) is 6.87. The van der Waals surface area contributed by atoms with Crippen LogP contribution in [0.1, 0.15) is 56.9 Å². The first-order valence-corrected chi connectivity index (χ1v) is 11.3. The molecule has 4 rings (SSSR count). The van der Waals surface area contributed by atoms with E-state index in [0.717, 1.165) is 38.5 Å². The first kappa shape index (κ1) is 21.0. The Morgan fingerprint density at radius 3 is 2.70 bits per heavy atom. The van der Waals surface area contributed by atoms with Gasteiger partial charge in [0.25, 0.3) is 0 Å². The van der Waals surface area contributed by atoms with Crippen molar-refractivity contribution < 1.29 is 19.1 Å². The molecule has 2 heterocycles. The molecule has 0 aromatic heterocycles. The number of benzene rings is 1. The quantitative estimate of drug-likeness (QED) is 0.772. The van der Waals surface area contributed by atoms with E-state index < -0.39 is 11.6 Å². The summed E-state index contributed by atoms with van der Waals surface area (Å²) in [5, 5.41) is 5.90. The van der Waals surface area contributed by atoms with Crippen molar-refractivity contribution in [3.63, 3.8) is 0 Å². The molecule has 1 aromatic carbocycles. The number of hydrogen-bond donors (Lipinski definition) is 2. The zero-order valence-electron chi connectivity index (χ0n) is 17.8. The molecular formula is C23H33N3O4. The first-order valence-electron chi connectivity index (χ1n) is 11.3. The van der Waals surface area contributed by atoms with Gasteiger partial charge in [-0.1, -0.05) is 30.3 Å². The van der Waals surface area contributed by atoms with Crippen LogP contribution in [0.3, 0.4) is 0 Å². The number of urea groups is 1. The van der Waals surface area contributed by atoms with E-state index in [1.54, 1.807) is 0 Å². The molecule has 0 radical (unpaired) electrons. The van der Waals surface area contributed by atoms with E-state index in [0.29, 0.717) is 25.6 Å². The van der Waals surface area contributed by atoms with Gasteiger partial charge in [0.15, 0.2) is 0 Å². The molecule has 1 aliphatic carbocycles. The molecular weight excluding hydrogens is 382 g/mol. The zero-order chi connectivity index (χ0) is 21.0. The Morgan fingerprint density at radius 2 is 2.03 bits per heavy atom. The number of alkyl carbamates (subject to hydrolysis) is 1. The fourth-order valence-corrected chi connectivity index (χ4v) is 5.23. The normalized spacial score (nSPS) is 31.3. The van der Waals surface area contributed by atoms with Crippen molar-refractivity contribution in [3.05, 3.63) is 35.9 Å². The van der Waals surface area contributed by atoms with E-state index in [9.17, 15) is 9.59 Å². The molecule has 2 aliphatic heterocycles. The Morgan fingerprint density at radius 1 is 1.27 bits per heavy atom. The lowest BCUT2D eigenvalue weighted by Crippen LogP contribution is -2.67. The van der Waals surface area contributed by atoms with Crippen LogP contribution in [0.5, 0.6) is 0 Å². The predicted molar refractivity (Wildman–Crippen MR) is 113 cm³/mol. The van der Waals surface area contributed by atoms with Gasteiger partial charge >= 0.3 is 12.1 Å². The van der Waals surface area contributed by atoms with Crippen molar-refractivity contribution >= 4 is 12.1 Å². The molecule has 3 amide bonds. The second kappa shape index (κ2) is 9.25. The van der Waals surface area contributed by atoms with Crippen LogP contribution < -0.4 is 10.6 Å². The average molecular weight is 416 g/mol. The van der Waals surface area contributed by atoms with Crippen molar-refractivity contribution in [2.24, 2.45) is 0 Å². The molecule has 164 valence electrons. The summed E-state index contributed by atoms with van der Waals surface area (Å²) in [6.07, 6.45) is 5.68. The second-order valence-corrected chi connectivity index (χ2v) is 8.72. The van der Waals surface area contributed by atoms with Crippen molar-refractivity contribution in [3.8, 4) is 0 Å². The van der Waals surface area contributed by atoms with Crippen molar-refractivity contribution in [1.29, 1.82) is 0 Å². The van der Waals surface area contributed by atoms with E-state index >= 15 is 0 Å². The van der Waals surface area contributed by atoms with Crippen LogP contribution >= 0.6 is 0 Å². The third-order valence-corrected chi connectivity index (χ3v) is 6.87. The van der Waals surface area contributed by atoms with Crippen LogP contribution in [-0.4, -0.2) is 61.0 Å². The molecule has 1 spiro atoms. The van der Waals surface area contributed by atoms with Crippen LogP contribution in [0.25, 0.3) is 0 Å². The molecule has 2 N–H and O–H groups in total. The number of nitrogens with zero attached hydrogens (tertiary/aromatic N) is 1. The molecule has 3 fully saturated rings. The summed E-state index contributed by atoms with van der Waals surface area (Å²) >= 11 is 0. The zero-order valence-corrected chi connectivity index (χ0v) is 17.8. The minimum absolute atomic E-state index is 0.0980. The first-order chi connectivity index (χ1) is 14.6. The highest BCUT2D eigenvalue weighted by Crippen LogP contribution is 2.36. The van der Waals surface area contributed by atoms with Gasteiger partial charge in [-0.3, -0.25) is 0 Å². The van der Waals surface area contributed by atoms with Crippen molar-refractivity contribution in [2.45, 2.75) is 69.1 Å². The van der Waals surface area contributed by atoms with E-state index in [1.165, 1.54) is 5.56 Å². The fourth-order valence-electron chi connectivity index (χ4n) is 5.23. The number of carbonyl (C=O) groups excluding carboxylic acids is 2. The molecule has 0 unspecified atom stereocenters. The van der Waals surface area contributed by atoms with Gasteiger partial charge in [-0.25, -0.2) is 9.59 Å². The van der Waals surface area contributed by atoms with Gasteiger partial charge in [0.2, 0.25) is 0 Å². The fraction of sp³-hybridized carbons (Fsp3) is 0.652. The molecule has 2 atom stereocenters. The number of ether oxygens (including phenoxy) is 2. The maximum atomic E-state index is 12.7. The molecule has 30 heavy (non-hydrogen) atoms. The Kier molecular flexibility index (Phi) is 6.46. The highest BCUT2D eigenvalue weighted by molar-refractivity contribution is 5.76. The highest BCUT2D eigenvalue weighted by Gasteiger charge is 2.52. The lowest BCUT2D eigenvalue weighted by molar-refractivity contribution is -0.0382. The number of amides is 3. The topological polar surface area (TPSA) is 79.9 Å². The highest BCUT2D eigenvalue weighted by atomic mass is 16.6. The van der Waals surface area contributed by atoms with Gasteiger partial charge in [-0.2, -0.15) is 0 Å². The van der Waals surface area contributed by atoms with Gasteiger partial charge < -0.3 is 25.0 Å². The Balaban J connectivity index is 1.39. The largest absolute Gasteiger partial charge is 0.447 e. The summed E-state index contributed by atoms with van der Waals surface area (Å²) in [5.41, 5.74) is 0.859. The van der Waals surface area contributed by atoms with E-state index in [1.807, 2.05) is 11.8 Å². The summed E-state index contributed by atoms with van der Waals surface area (Å²) in [6.45, 7) is 3.85. The van der Waals surface area contributed by atoms with Crippen LogP contribution in [0, 0.1) is 0 Å². The van der Waals surface area contributed by atoms with Crippen molar-refractivity contribution in [1.82, 2.24) is 15.5 Å². The standard InChI is InChI=1S/C23H33N3O4/c1-2-24-21(27)26-14-6-13-23(16-30-22(28)25-23)20(26)15-29-19-11-9-18(10-12-19)17-7-4-3-5-8-17/h3-5,7-8,18-20H,2,6,9-16H2,1H3,(H,24,27)(H,25,28)/t18?,19?,20-,23+/m1/s1. The SMILES string of the molecule is CCNC(=O)N1CCC[C@]2(COC(=O)N2)[C@H]1COC1CCC(c2ccccc2)CC1. The molecule has 2 saturated heterocycles. The molecule has 7 nitrogen and oxygen atoms in total. The van der Waals surface area contributed by atoms with E-state index in [2.05, 4.69) is 41.0 Å². The number of piperidine rings is 1. The maximum Gasteiger partial charge on any atom is 0.407 e. The Hall–Kier alpha value is -2.28. The molecule has 1 aromatic rings. The summed E-state index contributed by atoms with van der Waals surface area (Å²) in [4.78, 5) is 26.4. The van der Waals surface area contributed by atoms with Crippen LogP contribution in [0.15, 0.2) is 30.3 Å². The summed E-state index contributed by atoms with van der Waals surface area (Å²) in [7, 11) is 0. The summed E-state index contributed by atoms with van der Waals surface area (Å²) in [6, 6.07) is 10.4. The Bertz CT molecular complexity index is 735. The number of rotatable bonds is 5. The number of hydrogen-bond acceptors (Lipinski definition) is 4. The second-order valence-electron chi connectivity index (χ2n) is 8.72. The smallest absolute Gasteiger partial charge is 0.407 e. The number of likely N-dealkylation sites (tertiary alicyclic amines) is 1. The van der Waals surface area contributed by atoms with Crippen LogP contribution in [-0.2, 0) is 9.47 Å². The maximum absolute atomic E-state index is 12.7. The molecule has 0 bridgehead atoms. The number of carbonyl (C=O) groups is 2. The molecule has 3 aliphatic rings. The van der Waals surface area contributed by atoms with E-state index in [-0.39, 0.29) is 24.8 Å². The molecule has 1 saturated carbocycles. The minimum Gasteiger partial charge on any atom is -0.447 e. The van der Waals surface area contributed by atoms with Crippen LogP contribution in [0.4, 0.5) is 9.59 Å². The van der Waals surface area contributed by atoms with Gasteiger partial charge in [-0.15, -0.1) is 0 Å². The lowest BCUT2D eigenvalue weighted by atomic mass is 9.81. The average Bonchev–Trinajstić information content (AvgIpc) is 3.14.